The van der Waals surface area contributed by atoms with Gasteiger partial charge in [-0.05, 0) is 42.9 Å². The Labute approximate surface area is 189 Å². The van der Waals surface area contributed by atoms with Crippen molar-refractivity contribution in [3.05, 3.63) is 40.7 Å². The number of alkyl halides is 3. The predicted molar refractivity (Wildman–Crippen MR) is 117 cm³/mol. The molecule has 2 atom stereocenters. The van der Waals surface area contributed by atoms with E-state index in [0.717, 1.165) is 25.7 Å². The van der Waals surface area contributed by atoms with Gasteiger partial charge in [0.05, 0.1) is 22.5 Å². The number of carbonyl (C=O) groups is 2. The number of benzene rings is 1. The van der Waals surface area contributed by atoms with E-state index in [2.05, 4.69) is 10.4 Å². The molecule has 7 nitrogen and oxygen atoms in total. The van der Waals surface area contributed by atoms with Crippen molar-refractivity contribution in [2.45, 2.75) is 70.6 Å². The molecule has 1 saturated carbocycles. The Balaban J connectivity index is 1.84. The van der Waals surface area contributed by atoms with Gasteiger partial charge in [-0.25, -0.2) is 4.68 Å². The quantitative estimate of drug-likeness (QED) is 0.637. The summed E-state index contributed by atoms with van der Waals surface area (Å²) >= 11 is 0. The summed E-state index contributed by atoms with van der Waals surface area (Å²) in [5.41, 5.74) is 10.8. The maximum atomic E-state index is 13.8. The lowest BCUT2D eigenvalue weighted by molar-refractivity contribution is -0.141. The number of Topliss-reactive ketones (excluding diaryl/α,β-unsaturated/α-hetero) is 1. The van der Waals surface area contributed by atoms with Crippen LogP contribution in [0.4, 0.5) is 18.9 Å². The number of halogens is 3. The first-order valence-electron chi connectivity index (χ1n) is 11.1. The third-order valence-electron chi connectivity index (χ3n) is 6.49. The number of ketones is 1. The third kappa shape index (κ3) is 4.48. The van der Waals surface area contributed by atoms with E-state index in [1.807, 2.05) is 13.8 Å². The summed E-state index contributed by atoms with van der Waals surface area (Å²) in [5.74, 6) is -1.23. The first kappa shape index (κ1) is 23.3. The van der Waals surface area contributed by atoms with Crippen molar-refractivity contribution in [1.82, 2.24) is 9.78 Å². The molecule has 10 heteroatoms. The normalized spacial score (nSPS) is 22.7. The topological polar surface area (TPSA) is 116 Å². The fourth-order valence-corrected chi connectivity index (χ4v) is 4.90. The second-order valence-corrected chi connectivity index (χ2v) is 9.81. The molecule has 5 N–H and O–H groups in total. The van der Waals surface area contributed by atoms with Crippen LogP contribution in [0.2, 0.25) is 0 Å². The lowest BCUT2D eigenvalue weighted by atomic mass is 9.75. The minimum Gasteiger partial charge on any atom is -0.380 e. The van der Waals surface area contributed by atoms with Gasteiger partial charge in [0.1, 0.15) is 0 Å². The van der Waals surface area contributed by atoms with Crippen molar-refractivity contribution in [1.29, 1.82) is 0 Å². The number of nitrogens with zero attached hydrogens (tertiary/aromatic N) is 2. The van der Waals surface area contributed by atoms with Crippen molar-refractivity contribution in [3.63, 3.8) is 0 Å². The van der Waals surface area contributed by atoms with Crippen molar-refractivity contribution in [2.75, 3.05) is 5.32 Å². The van der Waals surface area contributed by atoms with Crippen molar-refractivity contribution < 1.29 is 22.8 Å². The average Bonchev–Trinajstić information content (AvgIpc) is 3.08. The number of amides is 1. The molecule has 33 heavy (non-hydrogen) atoms. The lowest BCUT2D eigenvalue weighted by Gasteiger charge is -2.31. The van der Waals surface area contributed by atoms with Crippen LogP contribution in [0.15, 0.2) is 18.2 Å². The number of carbonyl (C=O) groups excluding carboxylic acids is 2. The van der Waals surface area contributed by atoms with Crippen LogP contribution >= 0.6 is 0 Å². The van der Waals surface area contributed by atoms with Gasteiger partial charge in [0.25, 0.3) is 5.91 Å². The molecule has 2 aliphatic carbocycles. The monoisotopic (exact) mass is 463 g/mol. The van der Waals surface area contributed by atoms with Crippen molar-refractivity contribution >= 4 is 17.4 Å². The van der Waals surface area contributed by atoms with Crippen LogP contribution in [0.3, 0.4) is 0 Å². The molecule has 2 aromatic rings. The van der Waals surface area contributed by atoms with Crippen LogP contribution in [0.1, 0.15) is 78.1 Å². The molecular weight excluding hydrogens is 435 g/mol. The molecule has 0 bridgehead atoms. The summed E-state index contributed by atoms with van der Waals surface area (Å²) in [7, 11) is 0. The third-order valence-corrected chi connectivity index (χ3v) is 6.49. The highest BCUT2D eigenvalue weighted by molar-refractivity contribution is 6.00. The highest BCUT2D eigenvalue weighted by atomic mass is 19.4. The highest BCUT2D eigenvalue weighted by Gasteiger charge is 2.45. The molecule has 0 radical (unpaired) electrons. The molecule has 1 amide bonds. The van der Waals surface area contributed by atoms with E-state index in [9.17, 15) is 22.8 Å². The van der Waals surface area contributed by atoms with Gasteiger partial charge in [-0.15, -0.1) is 0 Å². The molecule has 0 unspecified atom stereocenters. The van der Waals surface area contributed by atoms with Crippen LogP contribution in [0, 0.1) is 5.41 Å². The van der Waals surface area contributed by atoms with Crippen LogP contribution < -0.4 is 16.8 Å². The smallest absolute Gasteiger partial charge is 0.380 e. The number of rotatable bonds is 4. The van der Waals surface area contributed by atoms with Gasteiger partial charge in [-0.3, -0.25) is 9.59 Å². The molecule has 2 aliphatic rings. The molecule has 1 aromatic carbocycles. The molecular formula is C23H28F3N5O2. The van der Waals surface area contributed by atoms with E-state index >= 15 is 0 Å². The Morgan fingerprint density at radius 2 is 1.91 bits per heavy atom. The second kappa shape index (κ2) is 8.16. The largest absolute Gasteiger partial charge is 0.435 e. The number of primary amides is 1. The highest BCUT2D eigenvalue weighted by Crippen LogP contribution is 2.42. The average molecular weight is 464 g/mol. The zero-order valence-electron chi connectivity index (χ0n) is 18.6. The Bertz CT molecular complexity index is 1110. The lowest BCUT2D eigenvalue weighted by Crippen LogP contribution is -2.43. The first-order valence-corrected chi connectivity index (χ1v) is 11.1. The van der Waals surface area contributed by atoms with E-state index in [1.165, 1.54) is 16.8 Å². The summed E-state index contributed by atoms with van der Waals surface area (Å²) in [6, 6.07) is 4.30. The Kier molecular flexibility index (Phi) is 5.76. The number of hydrogen-bond acceptors (Lipinski definition) is 5. The van der Waals surface area contributed by atoms with Crippen LogP contribution in [0.5, 0.6) is 0 Å². The molecule has 1 aromatic heterocycles. The van der Waals surface area contributed by atoms with Gasteiger partial charge in [0.15, 0.2) is 11.5 Å². The SMILES string of the molecule is CC1(C)CC(=O)c2c(C(F)(F)F)nn(-c3ccc(C(N)=O)c(N[C@H]4CCCC[C@@H]4N)c3)c2C1. The molecule has 0 aliphatic heterocycles. The van der Waals surface area contributed by atoms with Gasteiger partial charge in [0.2, 0.25) is 0 Å². The zero-order chi connectivity index (χ0) is 24.1. The molecule has 178 valence electrons. The molecule has 0 spiro atoms. The van der Waals surface area contributed by atoms with E-state index in [0.29, 0.717) is 11.4 Å². The van der Waals surface area contributed by atoms with E-state index in [4.69, 9.17) is 11.5 Å². The Hall–Kier alpha value is -2.88. The molecule has 1 heterocycles. The minimum absolute atomic E-state index is 0.0156. The first-order chi connectivity index (χ1) is 15.4. The van der Waals surface area contributed by atoms with Gasteiger partial charge < -0.3 is 16.8 Å². The van der Waals surface area contributed by atoms with Gasteiger partial charge in [-0.2, -0.15) is 18.3 Å². The van der Waals surface area contributed by atoms with Gasteiger partial charge in [-0.1, -0.05) is 26.7 Å². The fourth-order valence-electron chi connectivity index (χ4n) is 4.90. The van der Waals surface area contributed by atoms with Crippen LogP contribution in [0.25, 0.3) is 5.69 Å². The van der Waals surface area contributed by atoms with Crippen molar-refractivity contribution in [2.24, 2.45) is 16.9 Å². The summed E-state index contributed by atoms with van der Waals surface area (Å²) in [4.78, 5) is 24.7. The summed E-state index contributed by atoms with van der Waals surface area (Å²) < 4.78 is 42.4. The molecule has 4 rings (SSSR count). The summed E-state index contributed by atoms with van der Waals surface area (Å²) in [5, 5.41) is 7.11. The minimum atomic E-state index is -4.77. The number of hydrogen-bond donors (Lipinski definition) is 3. The molecule has 0 saturated heterocycles. The van der Waals surface area contributed by atoms with Crippen molar-refractivity contribution in [3.8, 4) is 5.69 Å². The fraction of sp³-hybridized carbons (Fsp3) is 0.522. The number of aromatic nitrogens is 2. The second-order valence-electron chi connectivity index (χ2n) is 9.81. The Morgan fingerprint density at radius 1 is 1.21 bits per heavy atom. The number of fused-ring (bicyclic) bond motifs is 1. The summed E-state index contributed by atoms with van der Waals surface area (Å²) in [6.45, 7) is 3.68. The Morgan fingerprint density at radius 3 is 2.55 bits per heavy atom. The van der Waals surface area contributed by atoms with Crippen LogP contribution in [-0.2, 0) is 12.6 Å². The number of nitrogens with two attached hydrogens (primary N) is 2. The molecule has 1 fully saturated rings. The van der Waals surface area contributed by atoms with Gasteiger partial charge >= 0.3 is 6.18 Å². The van der Waals surface area contributed by atoms with E-state index < -0.39 is 29.0 Å². The standard InChI is InChI=1S/C23H28F3N5O2/c1-22(2)10-17-19(18(32)11-22)20(23(24,25)26)30-31(17)12-7-8-13(21(28)33)16(9-12)29-15-6-4-3-5-14(15)27/h7-9,14-15,29H,3-6,10-11,27H2,1-2H3,(H2,28,33)/t14-,15-/m0/s1. The summed E-state index contributed by atoms with van der Waals surface area (Å²) in [6.07, 6.45) is -0.854. The predicted octanol–water partition coefficient (Wildman–Crippen LogP) is 3.83. The number of nitrogens with one attached hydrogen (secondary N) is 1. The van der Waals surface area contributed by atoms with E-state index in [1.54, 1.807) is 6.07 Å². The van der Waals surface area contributed by atoms with Gasteiger partial charge in [0, 0.05) is 24.2 Å². The van der Waals surface area contributed by atoms with E-state index in [-0.39, 0.29) is 41.7 Å². The number of anilines is 1. The maximum absolute atomic E-state index is 13.8. The zero-order valence-corrected chi connectivity index (χ0v) is 18.6. The van der Waals surface area contributed by atoms with Crippen LogP contribution in [-0.4, -0.2) is 33.6 Å². The maximum Gasteiger partial charge on any atom is 0.435 e.